The van der Waals surface area contributed by atoms with Gasteiger partial charge in [-0.1, -0.05) is 0 Å². The van der Waals surface area contributed by atoms with Crippen LogP contribution in [0.15, 0.2) is 18.6 Å². The van der Waals surface area contributed by atoms with Gasteiger partial charge in [-0.25, -0.2) is 4.98 Å². The van der Waals surface area contributed by atoms with Crippen LogP contribution in [-0.4, -0.2) is 28.0 Å². The fraction of sp³-hybridized carbons (Fsp3) is 0.400. The quantitative estimate of drug-likeness (QED) is 0.778. The molecule has 14 heavy (non-hydrogen) atoms. The summed E-state index contributed by atoms with van der Waals surface area (Å²) in [5, 5.41) is 3.14. The van der Waals surface area contributed by atoms with Gasteiger partial charge >= 0.3 is 0 Å². The molecular formula is C10H14N4. The van der Waals surface area contributed by atoms with Crippen molar-refractivity contribution in [1.82, 2.24) is 19.7 Å². The van der Waals surface area contributed by atoms with Crippen LogP contribution in [0.25, 0.3) is 5.65 Å². The van der Waals surface area contributed by atoms with Gasteiger partial charge in [-0.3, -0.25) is 4.98 Å². The molecule has 1 N–H and O–H groups in total. The predicted molar refractivity (Wildman–Crippen MR) is 55.4 cm³/mol. The number of imidazole rings is 1. The summed E-state index contributed by atoms with van der Waals surface area (Å²) in [6, 6.07) is 0. The largest absolute Gasteiger partial charge is 0.319 e. The molecule has 0 unspecified atom stereocenters. The highest BCUT2D eigenvalue weighted by atomic mass is 15.0. The van der Waals surface area contributed by atoms with Gasteiger partial charge in [0.05, 0.1) is 11.9 Å². The average molecular weight is 190 g/mol. The minimum Gasteiger partial charge on any atom is -0.319 e. The van der Waals surface area contributed by atoms with Gasteiger partial charge in [-0.15, -0.1) is 0 Å². The number of nitrogens with zero attached hydrogens (tertiary/aromatic N) is 3. The van der Waals surface area contributed by atoms with E-state index in [4.69, 9.17) is 0 Å². The number of aryl methyl sites for hydroxylation is 1. The number of rotatable bonds is 3. The molecule has 4 heteroatoms. The standard InChI is InChI=1S/C10H14N4/c1-8-9(3-4-11-2)14-6-5-12-7-10(14)13-8/h5-7,11H,3-4H2,1-2H3. The van der Waals surface area contributed by atoms with Crippen LogP contribution < -0.4 is 5.32 Å². The van der Waals surface area contributed by atoms with Crippen LogP contribution in [0.4, 0.5) is 0 Å². The first kappa shape index (κ1) is 9.15. The molecule has 0 spiro atoms. The maximum atomic E-state index is 4.44. The third-order valence-corrected chi connectivity index (χ3v) is 2.34. The van der Waals surface area contributed by atoms with Crippen molar-refractivity contribution in [2.75, 3.05) is 13.6 Å². The Labute approximate surface area is 83.0 Å². The summed E-state index contributed by atoms with van der Waals surface area (Å²) in [7, 11) is 1.96. The van der Waals surface area contributed by atoms with Crippen LogP contribution in [0.3, 0.4) is 0 Å². The Balaban J connectivity index is 2.45. The molecule has 0 amide bonds. The Morgan fingerprint density at radius 1 is 1.50 bits per heavy atom. The van der Waals surface area contributed by atoms with Crippen LogP contribution in [0.1, 0.15) is 11.4 Å². The molecule has 2 aromatic heterocycles. The minimum atomic E-state index is 0.927. The van der Waals surface area contributed by atoms with Gasteiger partial charge in [0, 0.05) is 31.1 Å². The smallest absolute Gasteiger partial charge is 0.155 e. The van der Waals surface area contributed by atoms with Gasteiger partial charge in [0.2, 0.25) is 0 Å². The van der Waals surface area contributed by atoms with Crippen molar-refractivity contribution in [3.8, 4) is 0 Å². The van der Waals surface area contributed by atoms with E-state index >= 15 is 0 Å². The highest BCUT2D eigenvalue weighted by Crippen LogP contribution is 2.10. The van der Waals surface area contributed by atoms with Gasteiger partial charge in [-0.05, 0) is 14.0 Å². The summed E-state index contributed by atoms with van der Waals surface area (Å²) in [6.07, 6.45) is 6.53. The molecule has 0 aliphatic rings. The normalized spacial score (nSPS) is 11.0. The fourth-order valence-electron chi connectivity index (χ4n) is 1.62. The van der Waals surface area contributed by atoms with Crippen molar-refractivity contribution in [3.05, 3.63) is 30.0 Å². The van der Waals surface area contributed by atoms with E-state index in [0.717, 1.165) is 24.3 Å². The maximum Gasteiger partial charge on any atom is 0.155 e. The minimum absolute atomic E-state index is 0.927. The topological polar surface area (TPSA) is 42.2 Å². The summed E-state index contributed by atoms with van der Waals surface area (Å²) in [6.45, 7) is 3.01. The van der Waals surface area contributed by atoms with Crippen LogP contribution in [0, 0.1) is 6.92 Å². The van der Waals surface area contributed by atoms with E-state index in [9.17, 15) is 0 Å². The van der Waals surface area contributed by atoms with E-state index in [1.54, 1.807) is 12.4 Å². The van der Waals surface area contributed by atoms with Crippen LogP contribution in [0.5, 0.6) is 0 Å². The number of fused-ring (bicyclic) bond motifs is 1. The molecule has 0 bridgehead atoms. The Bertz CT molecular complexity index is 433. The molecule has 0 saturated heterocycles. The lowest BCUT2D eigenvalue weighted by atomic mass is 10.2. The van der Waals surface area contributed by atoms with E-state index < -0.39 is 0 Å². The first-order chi connectivity index (χ1) is 6.83. The fourth-order valence-corrected chi connectivity index (χ4v) is 1.62. The lowest BCUT2D eigenvalue weighted by Gasteiger charge is -2.01. The zero-order valence-electron chi connectivity index (χ0n) is 8.49. The van der Waals surface area contributed by atoms with Crippen molar-refractivity contribution in [2.45, 2.75) is 13.3 Å². The molecule has 0 fully saturated rings. The van der Waals surface area contributed by atoms with Crippen molar-refractivity contribution in [2.24, 2.45) is 0 Å². The van der Waals surface area contributed by atoms with Crippen molar-refractivity contribution in [1.29, 1.82) is 0 Å². The van der Waals surface area contributed by atoms with E-state index in [0.29, 0.717) is 0 Å². The zero-order chi connectivity index (χ0) is 9.97. The van der Waals surface area contributed by atoms with Gasteiger partial charge in [0.25, 0.3) is 0 Å². The maximum absolute atomic E-state index is 4.44. The van der Waals surface area contributed by atoms with E-state index in [1.807, 2.05) is 20.2 Å². The first-order valence-corrected chi connectivity index (χ1v) is 4.75. The number of hydrogen-bond acceptors (Lipinski definition) is 3. The highest BCUT2D eigenvalue weighted by molar-refractivity contribution is 5.40. The SMILES string of the molecule is CNCCc1c(C)nc2cnccn12. The summed E-state index contributed by atoms with van der Waals surface area (Å²) >= 11 is 0. The van der Waals surface area contributed by atoms with Crippen molar-refractivity contribution < 1.29 is 0 Å². The molecule has 0 radical (unpaired) electrons. The zero-order valence-corrected chi connectivity index (χ0v) is 8.49. The molecule has 0 aliphatic heterocycles. The number of likely N-dealkylation sites (N-methyl/N-ethyl adjacent to an activating group) is 1. The van der Waals surface area contributed by atoms with Gasteiger partial charge < -0.3 is 9.72 Å². The summed E-state index contributed by atoms with van der Waals surface area (Å²) in [4.78, 5) is 8.49. The third kappa shape index (κ3) is 1.48. The monoisotopic (exact) mass is 190 g/mol. The average Bonchev–Trinajstić information content (AvgIpc) is 2.51. The molecule has 0 saturated carbocycles. The second-order valence-electron chi connectivity index (χ2n) is 3.30. The Morgan fingerprint density at radius 3 is 3.14 bits per heavy atom. The number of nitrogens with one attached hydrogen (secondary N) is 1. The van der Waals surface area contributed by atoms with Gasteiger partial charge in [0.15, 0.2) is 5.65 Å². The molecule has 0 aliphatic carbocycles. The molecule has 2 heterocycles. The molecule has 2 rings (SSSR count). The molecule has 0 atom stereocenters. The molecule has 2 aromatic rings. The molecule has 74 valence electrons. The second-order valence-corrected chi connectivity index (χ2v) is 3.30. The van der Waals surface area contributed by atoms with E-state index in [1.165, 1.54) is 5.69 Å². The Morgan fingerprint density at radius 2 is 2.36 bits per heavy atom. The second kappa shape index (κ2) is 3.75. The highest BCUT2D eigenvalue weighted by Gasteiger charge is 2.06. The van der Waals surface area contributed by atoms with Gasteiger partial charge in [-0.2, -0.15) is 0 Å². The van der Waals surface area contributed by atoms with Crippen molar-refractivity contribution >= 4 is 5.65 Å². The van der Waals surface area contributed by atoms with E-state index in [2.05, 4.69) is 19.7 Å². The summed E-state index contributed by atoms with van der Waals surface area (Å²) < 4.78 is 2.10. The first-order valence-electron chi connectivity index (χ1n) is 4.75. The Kier molecular flexibility index (Phi) is 2.45. The number of hydrogen-bond donors (Lipinski definition) is 1. The summed E-state index contributed by atoms with van der Waals surface area (Å²) in [5.41, 5.74) is 3.28. The van der Waals surface area contributed by atoms with Crippen molar-refractivity contribution in [3.63, 3.8) is 0 Å². The lowest BCUT2D eigenvalue weighted by molar-refractivity contribution is 0.766. The molecule has 0 aromatic carbocycles. The van der Waals surface area contributed by atoms with Crippen LogP contribution in [-0.2, 0) is 6.42 Å². The molecular weight excluding hydrogens is 176 g/mol. The Hall–Kier alpha value is -1.42. The third-order valence-electron chi connectivity index (χ3n) is 2.34. The van der Waals surface area contributed by atoms with Crippen LogP contribution in [0.2, 0.25) is 0 Å². The molecule has 4 nitrogen and oxygen atoms in total. The summed E-state index contributed by atoms with van der Waals surface area (Å²) in [5.74, 6) is 0. The van der Waals surface area contributed by atoms with Gasteiger partial charge in [0.1, 0.15) is 0 Å². The lowest BCUT2D eigenvalue weighted by Crippen LogP contribution is -2.12. The number of aromatic nitrogens is 3. The predicted octanol–water partition coefficient (Wildman–Crippen LogP) is 0.800. The van der Waals surface area contributed by atoms with Crippen LogP contribution >= 0.6 is 0 Å². The van der Waals surface area contributed by atoms with E-state index in [-0.39, 0.29) is 0 Å².